The van der Waals surface area contributed by atoms with Gasteiger partial charge in [-0.25, -0.2) is 0 Å². The summed E-state index contributed by atoms with van der Waals surface area (Å²) in [6.07, 6.45) is -0.827. The molecule has 112 valence electrons. The SMILES string of the molecule is COC(=O)C(C)NCC(O)c1cc(OC)ccc1OC. The number of methoxy groups -OCH3 is 3. The minimum Gasteiger partial charge on any atom is -0.497 e. The summed E-state index contributed by atoms with van der Waals surface area (Å²) in [4.78, 5) is 11.3. The average molecular weight is 283 g/mol. The lowest BCUT2D eigenvalue weighted by atomic mass is 10.1. The zero-order chi connectivity index (χ0) is 15.1. The molecule has 0 saturated heterocycles. The number of rotatable bonds is 7. The van der Waals surface area contributed by atoms with E-state index in [-0.39, 0.29) is 12.5 Å². The molecule has 0 spiro atoms. The first-order valence-corrected chi connectivity index (χ1v) is 6.24. The molecule has 2 N–H and O–H groups in total. The van der Waals surface area contributed by atoms with Crippen molar-refractivity contribution in [2.24, 2.45) is 0 Å². The van der Waals surface area contributed by atoms with E-state index in [0.29, 0.717) is 17.1 Å². The number of carbonyl (C=O) groups is 1. The monoisotopic (exact) mass is 283 g/mol. The van der Waals surface area contributed by atoms with Crippen LogP contribution in [0, 0.1) is 0 Å². The largest absolute Gasteiger partial charge is 0.497 e. The Bertz CT molecular complexity index is 449. The fourth-order valence-corrected chi connectivity index (χ4v) is 1.76. The van der Waals surface area contributed by atoms with Gasteiger partial charge in [0.15, 0.2) is 0 Å². The molecule has 0 bridgehead atoms. The van der Waals surface area contributed by atoms with Gasteiger partial charge in [-0.3, -0.25) is 4.79 Å². The van der Waals surface area contributed by atoms with Crippen LogP contribution in [0.3, 0.4) is 0 Å². The molecule has 1 rings (SSSR count). The van der Waals surface area contributed by atoms with Crippen LogP contribution in [0.5, 0.6) is 11.5 Å². The fourth-order valence-electron chi connectivity index (χ4n) is 1.76. The zero-order valence-electron chi connectivity index (χ0n) is 12.2. The molecule has 0 amide bonds. The maximum absolute atomic E-state index is 11.3. The van der Waals surface area contributed by atoms with Gasteiger partial charge >= 0.3 is 5.97 Å². The molecule has 0 aromatic heterocycles. The lowest BCUT2D eigenvalue weighted by Gasteiger charge is -2.18. The van der Waals surface area contributed by atoms with Crippen LogP contribution < -0.4 is 14.8 Å². The van der Waals surface area contributed by atoms with Crippen LogP contribution in [0.1, 0.15) is 18.6 Å². The summed E-state index contributed by atoms with van der Waals surface area (Å²) in [6, 6.07) is 4.68. The van der Waals surface area contributed by atoms with E-state index < -0.39 is 12.1 Å². The Kier molecular flexibility index (Phi) is 6.27. The van der Waals surface area contributed by atoms with Crippen LogP contribution in [0.25, 0.3) is 0 Å². The Morgan fingerprint density at radius 3 is 2.55 bits per heavy atom. The Balaban J connectivity index is 2.75. The lowest BCUT2D eigenvalue weighted by molar-refractivity contribution is -0.142. The van der Waals surface area contributed by atoms with Crippen molar-refractivity contribution in [3.63, 3.8) is 0 Å². The van der Waals surface area contributed by atoms with Crippen molar-refractivity contribution in [1.82, 2.24) is 5.32 Å². The number of hydrogen-bond donors (Lipinski definition) is 2. The molecule has 1 aromatic rings. The molecule has 2 unspecified atom stereocenters. The van der Waals surface area contributed by atoms with Crippen LogP contribution in [0.2, 0.25) is 0 Å². The number of ether oxygens (including phenoxy) is 3. The highest BCUT2D eigenvalue weighted by Crippen LogP contribution is 2.29. The number of hydrogen-bond acceptors (Lipinski definition) is 6. The maximum Gasteiger partial charge on any atom is 0.322 e. The van der Waals surface area contributed by atoms with Crippen molar-refractivity contribution >= 4 is 5.97 Å². The Labute approximate surface area is 118 Å². The molecule has 0 aliphatic carbocycles. The highest BCUT2D eigenvalue weighted by Gasteiger charge is 2.18. The van der Waals surface area contributed by atoms with Crippen molar-refractivity contribution in [2.45, 2.75) is 19.1 Å². The number of aliphatic hydroxyl groups is 1. The van der Waals surface area contributed by atoms with Crippen molar-refractivity contribution in [2.75, 3.05) is 27.9 Å². The average Bonchev–Trinajstić information content (AvgIpc) is 2.50. The molecule has 0 saturated carbocycles. The summed E-state index contributed by atoms with van der Waals surface area (Å²) in [7, 11) is 4.40. The number of aliphatic hydroxyl groups excluding tert-OH is 1. The summed E-state index contributed by atoms with van der Waals surface area (Å²) in [5, 5.41) is 13.1. The highest BCUT2D eigenvalue weighted by atomic mass is 16.5. The Morgan fingerprint density at radius 2 is 2.00 bits per heavy atom. The summed E-state index contributed by atoms with van der Waals surface area (Å²) in [6.45, 7) is 1.86. The second-order valence-corrected chi connectivity index (χ2v) is 4.28. The van der Waals surface area contributed by atoms with Crippen LogP contribution in [0.4, 0.5) is 0 Å². The molecule has 0 radical (unpaired) electrons. The minimum atomic E-state index is -0.827. The topological polar surface area (TPSA) is 77.0 Å². The van der Waals surface area contributed by atoms with Gasteiger partial charge in [0.25, 0.3) is 0 Å². The highest BCUT2D eigenvalue weighted by molar-refractivity contribution is 5.75. The van der Waals surface area contributed by atoms with Gasteiger partial charge in [0.05, 0.1) is 27.4 Å². The first-order chi connectivity index (χ1) is 9.53. The van der Waals surface area contributed by atoms with E-state index in [4.69, 9.17) is 9.47 Å². The number of esters is 1. The third kappa shape index (κ3) is 4.11. The normalized spacial score (nSPS) is 13.4. The maximum atomic E-state index is 11.3. The third-order valence-corrected chi connectivity index (χ3v) is 2.97. The molecule has 0 aliphatic rings. The van der Waals surface area contributed by atoms with E-state index >= 15 is 0 Å². The molecule has 6 heteroatoms. The van der Waals surface area contributed by atoms with Gasteiger partial charge in [-0.05, 0) is 25.1 Å². The van der Waals surface area contributed by atoms with Crippen LogP contribution in [-0.4, -0.2) is 45.0 Å². The molecule has 6 nitrogen and oxygen atoms in total. The van der Waals surface area contributed by atoms with E-state index in [1.165, 1.54) is 14.2 Å². The minimum absolute atomic E-state index is 0.194. The van der Waals surface area contributed by atoms with E-state index in [1.807, 2.05) is 0 Å². The summed E-state index contributed by atoms with van der Waals surface area (Å²) in [5.74, 6) is 0.807. The second-order valence-electron chi connectivity index (χ2n) is 4.28. The van der Waals surface area contributed by atoms with Crippen molar-refractivity contribution in [3.8, 4) is 11.5 Å². The smallest absolute Gasteiger partial charge is 0.322 e. The van der Waals surface area contributed by atoms with Crippen LogP contribution in [-0.2, 0) is 9.53 Å². The zero-order valence-corrected chi connectivity index (χ0v) is 12.2. The molecule has 1 aromatic carbocycles. The van der Waals surface area contributed by atoms with Gasteiger partial charge in [0, 0.05) is 12.1 Å². The molecule has 0 heterocycles. The number of nitrogens with one attached hydrogen (secondary N) is 1. The van der Waals surface area contributed by atoms with Crippen molar-refractivity contribution < 1.29 is 24.1 Å². The second kappa shape index (κ2) is 7.72. The van der Waals surface area contributed by atoms with E-state index in [1.54, 1.807) is 32.2 Å². The Morgan fingerprint density at radius 1 is 1.30 bits per heavy atom. The molecule has 0 fully saturated rings. The summed E-state index contributed by atoms with van der Waals surface area (Å²) < 4.78 is 14.9. The molecular weight excluding hydrogens is 262 g/mol. The van der Waals surface area contributed by atoms with Gasteiger partial charge < -0.3 is 24.6 Å². The fraction of sp³-hybridized carbons (Fsp3) is 0.500. The first-order valence-electron chi connectivity index (χ1n) is 6.24. The predicted octanol–water partition coefficient (Wildman–Crippen LogP) is 0.888. The summed E-state index contributed by atoms with van der Waals surface area (Å²) >= 11 is 0. The van der Waals surface area contributed by atoms with Gasteiger partial charge in [-0.15, -0.1) is 0 Å². The standard InChI is InChI=1S/C14H21NO5/c1-9(14(17)20-4)15-8-12(16)11-7-10(18-2)5-6-13(11)19-3/h5-7,9,12,15-16H,8H2,1-4H3. The van der Waals surface area contributed by atoms with Gasteiger partial charge in [-0.1, -0.05) is 0 Å². The molecule has 0 aliphatic heterocycles. The molecule has 20 heavy (non-hydrogen) atoms. The lowest BCUT2D eigenvalue weighted by Crippen LogP contribution is -2.37. The van der Waals surface area contributed by atoms with Crippen molar-refractivity contribution in [3.05, 3.63) is 23.8 Å². The molecular formula is C14H21NO5. The van der Waals surface area contributed by atoms with E-state index in [2.05, 4.69) is 10.1 Å². The number of benzene rings is 1. The van der Waals surface area contributed by atoms with Crippen LogP contribution >= 0.6 is 0 Å². The van der Waals surface area contributed by atoms with E-state index in [9.17, 15) is 9.90 Å². The first kappa shape index (κ1) is 16.3. The summed E-state index contributed by atoms with van der Waals surface area (Å²) in [5.41, 5.74) is 0.594. The van der Waals surface area contributed by atoms with Gasteiger partial charge in [-0.2, -0.15) is 0 Å². The third-order valence-electron chi connectivity index (χ3n) is 2.97. The van der Waals surface area contributed by atoms with Crippen molar-refractivity contribution in [1.29, 1.82) is 0 Å². The molecule has 2 atom stereocenters. The predicted molar refractivity (Wildman–Crippen MR) is 74.0 cm³/mol. The van der Waals surface area contributed by atoms with Crippen LogP contribution in [0.15, 0.2) is 18.2 Å². The van der Waals surface area contributed by atoms with E-state index in [0.717, 1.165) is 0 Å². The van der Waals surface area contributed by atoms with Gasteiger partial charge in [0.2, 0.25) is 0 Å². The Hall–Kier alpha value is -1.79. The quantitative estimate of drug-likeness (QED) is 0.724. The van der Waals surface area contributed by atoms with Gasteiger partial charge in [0.1, 0.15) is 17.5 Å². The number of carbonyl (C=O) groups excluding carboxylic acids is 1.